The molecular weight excluding hydrogens is 328 g/mol. The molecule has 1 saturated heterocycles. The molecule has 26 heavy (non-hydrogen) atoms. The van der Waals surface area contributed by atoms with Crippen molar-refractivity contribution < 1.29 is 14.7 Å². The summed E-state index contributed by atoms with van der Waals surface area (Å²) in [5.74, 6) is -0.185. The summed E-state index contributed by atoms with van der Waals surface area (Å²) in [7, 11) is 0. The van der Waals surface area contributed by atoms with Crippen LogP contribution in [0.3, 0.4) is 0 Å². The monoisotopic (exact) mass is 352 g/mol. The van der Waals surface area contributed by atoms with Crippen molar-refractivity contribution in [1.82, 2.24) is 10.2 Å². The van der Waals surface area contributed by atoms with E-state index in [0.29, 0.717) is 25.1 Å². The maximum atomic E-state index is 12.8. The molecule has 0 spiro atoms. The topological polar surface area (TPSA) is 69.6 Å². The highest BCUT2D eigenvalue weighted by molar-refractivity contribution is 5.97. The van der Waals surface area contributed by atoms with Gasteiger partial charge < -0.3 is 15.3 Å². The number of piperidine rings is 1. The third kappa shape index (κ3) is 4.42. The van der Waals surface area contributed by atoms with Gasteiger partial charge in [0.1, 0.15) is 5.75 Å². The first-order valence-electron chi connectivity index (χ1n) is 8.95. The normalized spacial score (nSPS) is 14.9. The summed E-state index contributed by atoms with van der Waals surface area (Å²) in [6, 6.07) is 15.4. The van der Waals surface area contributed by atoms with Crippen molar-refractivity contribution in [2.75, 3.05) is 13.1 Å². The molecule has 0 aromatic heterocycles. The second-order valence-corrected chi connectivity index (χ2v) is 6.78. The highest BCUT2D eigenvalue weighted by atomic mass is 16.3. The zero-order chi connectivity index (χ0) is 18.5. The van der Waals surface area contributed by atoms with E-state index in [1.165, 1.54) is 6.92 Å². The Bertz CT molecular complexity index is 781. The molecule has 0 radical (unpaired) electrons. The number of phenolic OH excluding ortho intramolecular Hbond substituents is 1. The Hall–Kier alpha value is -2.82. The van der Waals surface area contributed by atoms with Crippen LogP contribution in [-0.4, -0.2) is 41.0 Å². The van der Waals surface area contributed by atoms with E-state index in [4.69, 9.17) is 0 Å². The zero-order valence-electron chi connectivity index (χ0n) is 14.9. The van der Waals surface area contributed by atoms with Gasteiger partial charge in [0.15, 0.2) is 0 Å². The van der Waals surface area contributed by atoms with Gasteiger partial charge in [-0.05, 0) is 42.5 Å². The van der Waals surface area contributed by atoms with E-state index in [-0.39, 0.29) is 23.6 Å². The van der Waals surface area contributed by atoms with Crippen molar-refractivity contribution >= 4 is 11.8 Å². The van der Waals surface area contributed by atoms with Crippen molar-refractivity contribution in [3.8, 4) is 5.75 Å². The fourth-order valence-electron chi connectivity index (χ4n) is 3.38. The van der Waals surface area contributed by atoms with E-state index < -0.39 is 0 Å². The van der Waals surface area contributed by atoms with Crippen molar-refractivity contribution in [2.45, 2.75) is 32.2 Å². The molecule has 0 aliphatic carbocycles. The minimum atomic E-state index is -0.154. The molecule has 3 rings (SSSR count). The van der Waals surface area contributed by atoms with Crippen molar-refractivity contribution in [2.24, 2.45) is 0 Å². The molecule has 0 saturated carbocycles. The van der Waals surface area contributed by atoms with E-state index in [1.54, 1.807) is 17.0 Å². The summed E-state index contributed by atoms with van der Waals surface area (Å²) in [6.45, 7) is 2.66. The second kappa shape index (κ2) is 8.04. The molecule has 136 valence electrons. The predicted octanol–water partition coefficient (Wildman–Crippen LogP) is 2.72. The minimum Gasteiger partial charge on any atom is -0.507 e. The van der Waals surface area contributed by atoms with E-state index in [1.807, 2.05) is 36.4 Å². The number of carbonyl (C=O) groups is 2. The lowest BCUT2D eigenvalue weighted by atomic mass is 10.00. The average molecular weight is 352 g/mol. The number of nitrogens with zero attached hydrogens (tertiary/aromatic N) is 1. The van der Waals surface area contributed by atoms with Crippen LogP contribution in [0, 0.1) is 0 Å². The van der Waals surface area contributed by atoms with Gasteiger partial charge in [-0.2, -0.15) is 0 Å². The van der Waals surface area contributed by atoms with Gasteiger partial charge in [0, 0.05) is 26.1 Å². The molecule has 0 unspecified atom stereocenters. The predicted molar refractivity (Wildman–Crippen MR) is 100 cm³/mol. The fraction of sp³-hybridized carbons (Fsp3) is 0.333. The Morgan fingerprint density at radius 2 is 1.77 bits per heavy atom. The Kier molecular flexibility index (Phi) is 5.56. The highest BCUT2D eigenvalue weighted by Gasteiger charge is 2.25. The van der Waals surface area contributed by atoms with Crippen LogP contribution in [-0.2, 0) is 11.2 Å². The first kappa shape index (κ1) is 18.0. The summed E-state index contributed by atoms with van der Waals surface area (Å²) < 4.78 is 0. The quantitative estimate of drug-likeness (QED) is 0.889. The SMILES string of the molecule is CC(=O)NC1CCN(C(=O)c2cc(Cc3ccccc3)ccc2O)CC1. The van der Waals surface area contributed by atoms with Gasteiger partial charge in [0.2, 0.25) is 5.91 Å². The van der Waals surface area contributed by atoms with Gasteiger partial charge in [0.05, 0.1) is 5.56 Å². The van der Waals surface area contributed by atoms with Crippen LogP contribution < -0.4 is 5.32 Å². The number of aromatic hydroxyl groups is 1. The molecule has 0 bridgehead atoms. The van der Waals surface area contributed by atoms with Crippen LogP contribution >= 0.6 is 0 Å². The molecule has 2 N–H and O–H groups in total. The zero-order valence-corrected chi connectivity index (χ0v) is 14.9. The van der Waals surface area contributed by atoms with E-state index in [2.05, 4.69) is 5.32 Å². The number of hydrogen-bond acceptors (Lipinski definition) is 3. The molecule has 1 aliphatic rings. The summed E-state index contributed by atoms with van der Waals surface area (Å²) in [5.41, 5.74) is 2.50. The van der Waals surface area contributed by atoms with Gasteiger partial charge in [-0.1, -0.05) is 36.4 Å². The van der Waals surface area contributed by atoms with E-state index >= 15 is 0 Å². The largest absolute Gasteiger partial charge is 0.507 e. The minimum absolute atomic E-state index is 0.01000. The molecule has 2 amide bonds. The van der Waals surface area contributed by atoms with Gasteiger partial charge >= 0.3 is 0 Å². The lowest BCUT2D eigenvalue weighted by Gasteiger charge is -2.32. The average Bonchev–Trinajstić information content (AvgIpc) is 2.64. The highest BCUT2D eigenvalue weighted by Crippen LogP contribution is 2.23. The number of amides is 2. The number of carbonyl (C=O) groups excluding carboxylic acids is 2. The molecular formula is C21H24N2O3. The maximum Gasteiger partial charge on any atom is 0.257 e. The lowest BCUT2D eigenvalue weighted by Crippen LogP contribution is -2.46. The number of likely N-dealkylation sites (tertiary alicyclic amines) is 1. The lowest BCUT2D eigenvalue weighted by molar-refractivity contribution is -0.119. The van der Waals surface area contributed by atoms with E-state index in [0.717, 1.165) is 24.0 Å². The Labute approximate surface area is 153 Å². The number of phenols is 1. The number of benzene rings is 2. The van der Waals surface area contributed by atoms with Crippen LogP contribution in [0.25, 0.3) is 0 Å². The number of rotatable bonds is 4. The number of hydrogen-bond donors (Lipinski definition) is 2. The smallest absolute Gasteiger partial charge is 0.257 e. The molecule has 1 heterocycles. The van der Waals surface area contributed by atoms with E-state index in [9.17, 15) is 14.7 Å². The van der Waals surface area contributed by atoms with Crippen LogP contribution in [0.15, 0.2) is 48.5 Å². The first-order chi connectivity index (χ1) is 12.5. The third-order valence-electron chi connectivity index (χ3n) is 4.73. The Morgan fingerprint density at radius 1 is 1.08 bits per heavy atom. The number of nitrogens with one attached hydrogen (secondary N) is 1. The molecule has 1 aliphatic heterocycles. The van der Waals surface area contributed by atoms with Crippen LogP contribution in [0.5, 0.6) is 5.75 Å². The molecule has 2 aromatic carbocycles. The van der Waals surface area contributed by atoms with Crippen molar-refractivity contribution in [3.05, 3.63) is 65.2 Å². The van der Waals surface area contributed by atoms with Crippen LogP contribution in [0.1, 0.15) is 41.3 Å². The molecule has 1 fully saturated rings. The molecule has 5 nitrogen and oxygen atoms in total. The summed E-state index contributed by atoms with van der Waals surface area (Å²) in [5, 5.41) is 13.1. The van der Waals surface area contributed by atoms with Crippen molar-refractivity contribution in [3.63, 3.8) is 0 Å². The maximum absolute atomic E-state index is 12.8. The van der Waals surface area contributed by atoms with Gasteiger partial charge in [-0.25, -0.2) is 0 Å². The van der Waals surface area contributed by atoms with Gasteiger partial charge in [-0.15, -0.1) is 0 Å². The van der Waals surface area contributed by atoms with Crippen LogP contribution in [0.4, 0.5) is 0 Å². The van der Waals surface area contributed by atoms with Gasteiger partial charge in [-0.3, -0.25) is 9.59 Å². The first-order valence-corrected chi connectivity index (χ1v) is 8.95. The van der Waals surface area contributed by atoms with Crippen molar-refractivity contribution in [1.29, 1.82) is 0 Å². The third-order valence-corrected chi connectivity index (χ3v) is 4.73. The van der Waals surface area contributed by atoms with Crippen LogP contribution in [0.2, 0.25) is 0 Å². The second-order valence-electron chi connectivity index (χ2n) is 6.78. The standard InChI is InChI=1S/C21H24N2O3/c1-15(24)22-18-9-11-23(12-10-18)21(26)19-14-17(7-8-20(19)25)13-16-5-3-2-4-6-16/h2-8,14,18,25H,9-13H2,1H3,(H,22,24). The summed E-state index contributed by atoms with van der Waals surface area (Å²) in [6.07, 6.45) is 2.18. The molecule has 5 heteroatoms. The molecule has 0 atom stereocenters. The Balaban J connectivity index is 1.69. The van der Waals surface area contributed by atoms with Gasteiger partial charge in [0.25, 0.3) is 5.91 Å². The summed E-state index contributed by atoms with van der Waals surface area (Å²) >= 11 is 0. The summed E-state index contributed by atoms with van der Waals surface area (Å²) in [4.78, 5) is 25.7. The Morgan fingerprint density at radius 3 is 2.42 bits per heavy atom. The molecule has 2 aromatic rings. The fourth-order valence-corrected chi connectivity index (χ4v) is 3.38.